The van der Waals surface area contributed by atoms with Crippen LogP contribution in [0.1, 0.15) is 37.6 Å². The number of unbranched alkanes of at least 4 members (excludes halogenated alkanes) is 1. The molecule has 1 saturated heterocycles. The van der Waals surface area contributed by atoms with Crippen LogP contribution in [0.5, 0.6) is 0 Å². The number of rotatable bonds is 10. The Morgan fingerprint density at radius 1 is 1.15 bits per heavy atom. The summed E-state index contributed by atoms with van der Waals surface area (Å²) in [5, 5.41) is 11.3. The molecule has 0 amide bonds. The van der Waals surface area contributed by atoms with Gasteiger partial charge in [0.15, 0.2) is 5.96 Å². The molecule has 0 saturated carbocycles. The normalized spacial score (nSPS) is 15.4. The van der Waals surface area contributed by atoms with Crippen LogP contribution >= 0.6 is 24.0 Å². The molecule has 0 spiro atoms. The van der Waals surface area contributed by atoms with Crippen LogP contribution in [-0.2, 0) is 11.3 Å². The molecule has 1 aliphatic heterocycles. The van der Waals surface area contributed by atoms with Crippen LogP contribution in [0.25, 0.3) is 0 Å². The highest BCUT2D eigenvalue weighted by atomic mass is 127. The lowest BCUT2D eigenvalue weighted by Crippen LogP contribution is -2.39. The fourth-order valence-corrected chi connectivity index (χ4v) is 3.15. The van der Waals surface area contributed by atoms with Crippen molar-refractivity contribution < 1.29 is 4.74 Å². The number of morpholine rings is 1. The molecule has 1 aromatic rings. The quantitative estimate of drug-likeness (QED) is 0.227. The van der Waals surface area contributed by atoms with Crippen molar-refractivity contribution in [2.45, 2.75) is 46.6 Å². The Kier molecular flexibility index (Phi) is 12.7. The maximum atomic E-state index is 5.38. The molecule has 8 heteroatoms. The van der Waals surface area contributed by atoms with Crippen molar-refractivity contribution in [1.82, 2.24) is 25.3 Å². The molecule has 2 heterocycles. The fourth-order valence-electron chi connectivity index (χ4n) is 3.15. The van der Waals surface area contributed by atoms with Gasteiger partial charge in [-0.2, -0.15) is 5.10 Å². The first-order valence-electron chi connectivity index (χ1n) is 10.0. The number of halogens is 1. The molecular weight excluding hydrogens is 455 g/mol. The van der Waals surface area contributed by atoms with Gasteiger partial charge in [0.25, 0.3) is 0 Å². The van der Waals surface area contributed by atoms with E-state index in [1.54, 1.807) is 0 Å². The zero-order valence-electron chi connectivity index (χ0n) is 17.2. The van der Waals surface area contributed by atoms with Gasteiger partial charge in [-0.1, -0.05) is 0 Å². The Bertz CT molecular complexity index is 542. The molecule has 0 unspecified atom stereocenters. The molecule has 2 N–H and O–H groups in total. The molecule has 0 aromatic carbocycles. The number of aliphatic imine (C=N–C) groups is 1. The summed E-state index contributed by atoms with van der Waals surface area (Å²) >= 11 is 0. The van der Waals surface area contributed by atoms with Gasteiger partial charge in [0.2, 0.25) is 0 Å². The maximum absolute atomic E-state index is 5.38. The van der Waals surface area contributed by atoms with E-state index in [4.69, 9.17) is 4.74 Å². The van der Waals surface area contributed by atoms with Crippen molar-refractivity contribution in [2.75, 3.05) is 52.5 Å². The highest BCUT2D eigenvalue weighted by Crippen LogP contribution is 2.03. The van der Waals surface area contributed by atoms with E-state index in [0.29, 0.717) is 0 Å². The van der Waals surface area contributed by atoms with E-state index in [0.717, 1.165) is 77.0 Å². The number of nitrogens with one attached hydrogen (secondary N) is 2. The third-order valence-corrected chi connectivity index (χ3v) is 4.54. The van der Waals surface area contributed by atoms with Gasteiger partial charge in [0.1, 0.15) is 0 Å². The number of ether oxygens (including phenoxy) is 1. The Morgan fingerprint density at radius 2 is 1.93 bits per heavy atom. The average molecular weight is 492 g/mol. The summed E-state index contributed by atoms with van der Waals surface area (Å²) < 4.78 is 7.45. The van der Waals surface area contributed by atoms with Crippen LogP contribution in [0.3, 0.4) is 0 Å². The van der Waals surface area contributed by atoms with Gasteiger partial charge in [0.05, 0.1) is 18.9 Å². The zero-order valence-corrected chi connectivity index (χ0v) is 19.5. The van der Waals surface area contributed by atoms with Crippen LogP contribution in [0.15, 0.2) is 11.1 Å². The van der Waals surface area contributed by atoms with Crippen molar-refractivity contribution in [1.29, 1.82) is 0 Å². The Labute approximate surface area is 181 Å². The van der Waals surface area contributed by atoms with E-state index in [2.05, 4.69) is 50.2 Å². The molecule has 1 aromatic heterocycles. The third kappa shape index (κ3) is 9.75. The molecule has 0 aliphatic carbocycles. The molecule has 7 nitrogen and oxygen atoms in total. The number of hydrogen-bond donors (Lipinski definition) is 2. The van der Waals surface area contributed by atoms with Crippen molar-refractivity contribution in [3.63, 3.8) is 0 Å². The maximum Gasteiger partial charge on any atom is 0.191 e. The van der Waals surface area contributed by atoms with Gasteiger partial charge in [-0.15, -0.1) is 24.0 Å². The summed E-state index contributed by atoms with van der Waals surface area (Å²) in [4.78, 5) is 7.17. The van der Waals surface area contributed by atoms with E-state index in [9.17, 15) is 0 Å². The van der Waals surface area contributed by atoms with Gasteiger partial charge in [-0.3, -0.25) is 14.6 Å². The molecule has 27 heavy (non-hydrogen) atoms. The minimum absolute atomic E-state index is 0. The summed E-state index contributed by atoms with van der Waals surface area (Å²) in [7, 11) is 0. The third-order valence-electron chi connectivity index (χ3n) is 4.54. The molecule has 156 valence electrons. The van der Waals surface area contributed by atoms with Gasteiger partial charge >= 0.3 is 0 Å². The first-order chi connectivity index (χ1) is 12.7. The number of aromatic nitrogens is 2. The lowest BCUT2D eigenvalue weighted by Gasteiger charge is -2.26. The smallest absolute Gasteiger partial charge is 0.191 e. The van der Waals surface area contributed by atoms with Gasteiger partial charge < -0.3 is 15.4 Å². The SMILES string of the molecule is CCNC(=NCCCn1nc(C)cc1C)NCCCCN1CCOCC1.I. The number of nitrogens with zero attached hydrogens (tertiary/aromatic N) is 4. The van der Waals surface area contributed by atoms with Crippen molar-refractivity contribution in [3.05, 3.63) is 17.5 Å². The Hall–Kier alpha value is -0.870. The summed E-state index contributed by atoms with van der Waals surface area (Å²) in [5.41, 5.74) is 2.30. The summed E-state index contributed by atoms with van der Waals surface area (Å²) in [6.07, 6.45) is 3.37. The van der Waals surface area contributed by atoms with Crippen LogP contribution in [0.2, 0.25) is 0 Å². The standard InChI is InChI=1S/C19H36N6O.HI/c1-4-20-19(21-8-5-6-10-24-12-14-26-15-13-24)22-9-7-11-25-18(3)16-17(2)23-25;/h16H,4-15H2,1-3H3,(H2,20,21,22);1H. The number of hydrogen-bond acceptors (Lipinski definition) is 4. The van der Waals surface area contributed by atoms with E-state index < -0.39 is 0 Å². The zero-order chi connectivity index (χ0) is 18.6. The van der Waals surface area contributed by atoms with E-state index in [1.807, 2.05) is 6.92 Å². The largest absolute Gasteiger partial charge is 0.379 e. The molecule has 2 rings (SSSR count). The van der Waals surface area contributed by atoms with E-state index >= 15 is 0 Å². The van der Waals surface area contributed by atoms with Gasteiger partial charge in [0, 0.05) is 45.0 Å². The first kappa shape index (κ1) is 24.2. The molecule has 1 fully saturated rings. The second-order valence-corrected chi connectivity index (χ2v) is 6.85. The second kappa shape index (κ2) is 14.2. The second-order valence-electron chi connectivity index (χ2n) is 6.85. The van der Waals surface area contributed by atoms with Crippen molar-refractivity contribution >= 4 is 29.9 Å². The van der Waals surface area contributed by atoms with Crippen LogP contribution in [-0.4, -0.2) is 73.1 Å². The Morgan fingerprint density at radius 3 is 2.59 bits per heavy atom. The monoisotopic (exact) mass is 492 g/mol. The minimum atomic E-state index is 0. The summed E-state index contributed by atoms with van der Waals surface area (Å²) in [6.45, 7) is 14.9. The Balaban J connectivity index is 0.00000364. The van der Waals surface area contributed by atoms with Crippen LogP contribution in [0, 0.1) is 13.8 Å². The lowest BCUT2D eigenvalue weighted by atomic mass is 10.3. The highest BCUT2D eigenvalue weighted by molar-refractivity contribution is 14.0. The summed E-state index contributed by atoms with van der Waals surface area (Å²) in [6, 6.07) is 2.12. The predicted octanol–water partition coefficient (Wildman–Crippen LogP) is 2.18. The number of aryl methyl sites for hydroxylation is 3. The van der Waals surface area contributed by atoms with Crippen molar-refractivity contribution in [2.24, 2.45) is 4.99 Å². The van der Waals surface area contributed by atoms with E-state index in [1.165, 1.54) is 18.7 Å². The molecule has 1 aliphatic rings. The van der Waals surface area contributed by atoms with Crippen LogP contribution in [0.4, 0.5) is 0 Å². The molecule has 0 bridgehead atoms. The van der Waals surface area contributed by atoms with Gasteiger partial charge in [-0.05, 0) is 52.6 Å². The molecule has 0 atom stereocenters. The van der Waals surface area contributed by atoms with Crippen molar-refractivity contribution in [3.8, 4) is 0 Å². The fraction of sp³-hybridized carbons (Fsp3) is 0.789. The predicted molar refractivity (Wildman–Crippen MR) is 122 cm³/mol. The van der Waals surface area contributed by atoms with Crippen LogP contribution < -0.4 is 10.6 Å². The number of guanidine groups is 1. The molecule has 0 radical (unpaired) electrons. The topological polar surface area (TPSA) is 66.7 Å². The molecular formula is C19H37IN6O. The van der Waals surface area contributed by atoms with E-state index in [-0.39, 0.29) is 24.0 Å². The lowest BCUT2D eigenvalue weighted by molar-refractivity contribution is 0.0372. The van der Waals surface area contributed by atoms with Gasteiger partial charge in [-0.25, -0.2) is 0 Å². The minimum Gasteiger partial charge on any atom is -0.379 e. The average Bonchev–Trinajstić information content (AvgIpc) is 2.96. The first-order valence-corrected chi connectivity index (χ1v) is 10.0. The summed E-state index contributed by atoms with van der Waals surface area (Å²) in [5.74, 6) is 0.923. The highest BCUT2D eigenvalue weighted by Gasteiger charge is 2.09.